The Bertz CT molecular complexity index is 590. The quantitative estimate of drug-likeness (QED) is 0.569. The fourth-order valence-electron chi connectivity index (χ4n) is 2.82. The Balaban J connectivity index is 2.97. The molecule has 0 aliphatic carbocycles. The van der Waals surface area contributed by atoms with Crippen LogP contribution in [-0.2, 0) is 23.7 Å². The van der Waals surface area contributed by atoms with Crippen LogP contribution in [-0.4, -0.2) is 65.8 Å². The molecule has 0 unspecified atom stereocenters. The number of rotatable bonds is 4. The van der Waals surface area contributed by atoms with E-state index in [1.807, 2.05) is 0 Å². The minimum Gasteiger partial charge on any atom is -0.467 e. The van der Waals surface area contributed by atoms with Crippen molar-refractivity contribution in [1.82, 2.24) is 10.2 Å². The highest BCUT2D eigenvalue weighted by Crippen LogP contribution is 2.31. The number of nitrogens with one attached hydrogen (secondary N) is 1. The van der Waals surface area contributed by atoms with Gasteiger partial charge in [0, 0.05) is 6.42 Å². The molecule has 1 aliphatic rings. The molecule has 28 heavy (non-hydrogen) atoms. The Morgan fingerprint density at radius 1 is 1.11 bits per heavy atom. The van der Waals surface area contributed by atoms with Crippen molar-refractivity contribution in [2.45, 2.75) is 90.8 Å². The first-order chi connectivity index (χ1) is 12.6. The highest BCUT2D eigenvalue weighted by molar-refractivity contribution is 5.81. The van der Waals surface area contributed by atoms with Gasteiger partial charge < -0.3 is 24.3 Å². The Morgan fingerprint density at radius 2 is 1.64 bits per heavy atom. The van der Waals surface area contributed by atoms with Crippen molar-refractivity contribution in [3.05, 3.63) is 0 Å². The first-order valence-corrected chi connectivity index (χ1v) is 9.29. The lowest BCUT2D eigenvalue weighted by Gasteiger charge is -2.35. The van der Waals surface area contributed by atoms with Gasteiger partial charge in [-0.2, -0.15) is 0 Å². The lowest BCUT2D eigenvalue weighted by Crippen LogP contribution is -2.53. The van der Waals surface area contributed by atoms with Gasteiger partial charge >= 0.3 is 18.2 Å². The molecule has 1 heterocycles. The summed E-state index contributed by atoms with van der Waals surface area (Å²) in [6, 6.07) is -1.50. The third kappa shape index (κ3) is 7.18. The summed E-state index contributed by atoms with van der Waals surface area (Å²) < 4.78 is 21.2. The van der Waals surface area contributed by atoms with Crippen molar-refractivity contribution in [2.24, 2.45) is 0 Å². The predicted octanol–water partition coefficient (Wildman–Crippen LogP) is 2.81. The van der Waals surface area contributed by atoms with Gasteiger partial charge in [-0.1, -0.05) is 0 Å². The van der Waals surface area contributed by atoms with E-state index < -0.39 is 47.2 Å². The summed E-state index contributed by atoms with van der Waals surface area (Å²) in [7, 11) is 1.23. The first-order valence-electron chi connectivity index (χ1n) is 9.29. The molecule has 1 rings (SSSR count). The topological polar surface area (TPSA) is 103 Å². The minimum atomic E-state index is -1.01. The van der Waals surface area contributed by atoms with Crippen molar-refractivity contribution in [3.8, 4) is 0 Å². The lowest BCUT2D eigenvalue weighted by atomic mass is 10.1. The van der Waals surface area contributed by atoms with E-state index in [-0.39, 0.29) is 13.0 Å². The summed E-state index contributed by atoms with van der Waals surface area (Å²) in [6.45, 7) is 14.1. The van der Waals surface area contributed by atoms with Crippen LogP contribution < -0.4 is 5.32 Å². The molecular formula is C19H34N2O7. The third-order valence-corrected chi connectivity index (χ3v) is 3.85. The zero-order valence-electron chi connectivity index (χ0n) is 18.4. The van der Waals surface area contributed by atoms with Crippen LogP contribution in [0.25, 0.3) is 0 Å². The molecule has 1 aliphatic heterocycles. The average molecular weight is 402 g/mol. The van der Waals surface area contributed by atoms with Crippen molar-refractivity contribution >= 4 is 18.2 Å². The minimum absolute atomic E-state index is 0.0919. The van der Waals surface area contributed by atoms with Gasteiger partial charge in [0.15, 0.2) is 0 Å². The zero-order chi connectivity index (χ0) is 21.9. The Hall–Kier alpha value is -2.03. The van der Waals surface area contributed by atoms with E-state index in [0.717, 1.165) is 0 Å². The first kappa shape index (κ1) is 24.0. The molecule has 2 atom stereocenters. The maximum Gasteiger partial charge on any atom is 0.412 e. The predicted molar refractivity (Wildman–Crippen MR) is 102 cm³/mol. The molecule has 2 amide bonds. The molecule has 9 heteroatoms. The SMILES string of the molecule is COC(=O)[C@@H](C[C@H]1COC(C)(C)N1C(=O)OC(C)(C)C)NC(=O)OC(C)(C)C. The van der Waals surface area contributed by atoms with E-state index in [4.69, 9.17) is 18.9 Å². The lowest BCUT2D eigenvalue weighted by molar-refractivity contribution is -0.143. The van der Waals surface area contributed by atoms with Crippen LogP contribution in [0.1, 0.15) is 61.8 Å². The second-order valence-electron chi connectivity index (χ2n) is 9.22. The van der Waals surface area contributed by atoms with Crippen LogP contribution in [0.15, 0.2) is 0 Å². The van der Waals surface area contributed by atoms with E-state index in [1.54, 1.807) is 55.4 Å². The molecule has 9 nitrogen and oxygen atoms in total. The van der Waals surface area contributed by atoms with Gasteiger partial charge in [0.2, 0.25) is 0 Å². The number of carbonyl (C=O) groups excluding carboxylic acids is 3. The van der Waals surface area contributed by atoms with E-state index in [1.165, 1.54) is 12.0 Å². The van der Waals surface area contributed by atoms with Gasteiger partial charge in [-0.15, -0.1) is 0 Å². The smallest absolute Gasteiger partial charge is 0.412 e. The number of alkyl carbamates (subject to hydrolysis) is 1. The largest absolute Gasteiger partial charge is 0.467 e. The molecule has 0 bridgehead atoms. The van der Waals surface area contributed by atoms with Crippen LogP contribution in [0.2, 0.25) is 0 Å². The standard InChI is InChI=1S/C19H34N2O7/c1-17(2,3)27-15(23)20-13(14(22)25-9)10-12-11-26-19(7,8)21(12)16(24)28-18(4,5)6/h12-13H,10-11H2,1-9H3,(H,20,23)/t12-,13+/m0/s1. The maximum absolute atomic E-state index is 12.7. The highest BCUT2D eigenvalue weighted by Gasteiger charge is 2.47. The number of hydrogen-bond acceptors (Lipinski definition) is 7. The molecule has 0 radical (unpaired) electrons. The molecule has 0 aromatic heterocycles. The molecule has 0 saturated carbocycles. The summed E-state index contributed by atoms with van der Waals surface area (Å²) in [4.78, 5) is 38.5. The van der Waals surface area contributed by atoms with Crippen LogP contribution in [0.4, 0.5) is 9.59 Å². The molecule has 1 N–H and O–H groups in total. The second kappa shape index (κ2) is 8.55. The maximum atomic E-state index is 12.7. The average Bonchev–Trinajstić information content (AvgIpc) is 2.76. The van der Waals surface area contributed by atoms with E-state index in [2.05, 4.69) is 5.32 Å². The van der Waals surface area contributed by atoms with Crippen LogP contribution in [0.3, 0.4) is 0 Å². The molecule has 0 aromatic carbocycles. The Kier molecular flexibility index (Phi) is 7.33. The fraction of sp³-hybridized carbons (Fsp3) is 0.842. The number of nitrogens with zero attached hydrogens (tertiary/aromatic N) is 1. The third-order valence-electron chi connectivity index (χ3n) is 3.85. The van der Waals surface area contributed by atoms with Gasteiger partial charge in [0.25, 0.3) is 0 Å². The molecule has 1 fully saturated rings. The highest BCUT2D eigenvalue weighted by atomic mass is 16.6. The summed E-state index contributed by atoms with van der Waals surface area (Å²) in [6.07, 6.45) is -1.21. The molecule has 1 saturated heterocycles. The van der Waals surface area contributed by atoms with Gasteiger partial charge in [0.05, 0.1) is 19.8 Å². The number of hydrogen-bond donors (Lipinski definition) is 1. The van der Waals surface area contributed by atoms with Crippen molar-refractivity contribution in [1.29, 1.82) is 0 Å². The molecular weight excluding hydrogens is 368 g/mol. The number of carbonyl (C=O) groups is 3. The number of ether oxygens (including phenoxy) is 4. The van der Waals surface area contributed by atoms with Crippen LogP contribution in [0.5, 0.6) is 0 Å². The van der Waals surface area contributed by atoms with Gasteiger partial charge in [-0.3, -0.25) is 4.90 Å². The van der Waals surface area contributed by atoms with Crippen LogP contribution in [0, 0.1) is 0 Å². The van der Waals surface area contributed by atoms with Gasteiger partial charge in [-0.05, 0) is 55.4 Å². The Labute approximate surface area is 167 Å². The molecule has 0 aromatic rings. The summed E-state index contributed by atoms with van der Waals surface area (Å²) in [5.74, 6) is -0.639. The fourth-order valence-corrected chi connectivity index (χ4v) is 2.82. The van der Waals surface area contributed by atoms with E-state index in [0.29, 0.717) is 0 Å². The monoisotopic (exact) mass is 402 g/mol. The summed E-state index contributed by atoms with van der Waals surface area (Å²) >= 11 is 0. The molecule has 162 valence electrons. The van der Waals surface area contributed by atoms with Crippen molar-refractivity contribution in [3.63, 3.8) is 0 Å². The summed E-state index contributed by atoms with van der Waals surface area (Å²) in [5, 5.41) is 2.52. The number of methoxy groups -OCH3 is 1. The van der Waals surface area contributed by atoms with Crippen LogP contribution >= 0.6 is 0 Å². The summed E-state index contributed by atoms with van der Waals surface area (Å²) in [5.41, 5.74) is -2.32. The van der Waals surface area contributed by atoms with E-state index in [9.17, 15) is 14.4 Å². The van der Waals surface area contributed by atoms with Crippen molar-refractivity contribution in [2.75, 3.05) is 13.7 Å². The normalized spacial score (nSPS) is 20.3. The van der Waals surface area contributed by atoms with Gasteiger partial charge in [-0.25, -0.2) is 14.4 Å². The van der Waals surface area contributed by atoms with Gasteiger partial charge in [0.1, 0.15) is 23.0 Å². The van der Waals surface area contributed by atoms with Crippen molar-refractivity contribution < 1.29 is 33.3 Å². The second-order valence-corrected chi connectivity index (χ2v) is 9.22. The molecule has 0 spiro atoms. The van der Waals surface area contributed by atoms with E-state index >= 15 is 0 Å². The number of amides is 2. The number of esters is 1. The Morgan fingerprint density at radius 3 is 2.11 bits per heavy atom. The zero-order valence-corrected chi connectivity index (χ0v) is 18.4.